The maximum absolute atomic E-state index is 6.53. The molecule has 1 aliphatic heterocycles. The van der Waals surface area contributed by atoms with Gasteiger partial charge in [0.15, 0.2) is 0 Å². The number of hydrogen-bond donors (Lipinski definition) is 1. The lowest BCUT2D eigenvalue weighted by atomic mass is 9.70. The molecule has 0 aromatic heterocycles. The second-order valence-electron chi connectivity index (χ2n) is 7.14. The SMILES string of the molecule is CC1(C)CCC2(CC1)CNCC(c1ccc(Cl)cc1)O2. The predicted octanol–water partition coefficient (Wildman–Crippen LogP) is 4.34. The second-order valence-corrected chi connectivity index (χ2v) is 7.57. The molecular weight excluding hydrogens is 270 g/mol. The zero-order valence-electron chi connectivity index (χ0n) is 12.4. The van der Waals surface area contributed by atoms with E-state index in [0.29, 0.717) is 5.41 Å². The Labute approximate surface area is 126 Å². The molecule has 1 saturated heterocycles. The van der Waals surface area contributed by atoms with Crippen LogP contribution >= 0.6 is 11.6 Å². The van der Waals surface area contributed by atoms with Crippen LogP contribution in [0.5, 0.6) is 0 Å². The number of benzene rings is 1. The molecule has 2 fully saturated rings. The Balaban J connectivity index is 1.72. The number of nitrogens with one attached hydrogen (secondary N) is 1. The van der Waals surface area contributed by atoms with Crippen molar-refractivity contribution in [2.24, 2.45) is 5.41 Å². The van der Waals surface area contributed by atoms with Gasteiger partial charge in [0, 0.05) is 18.1 Å². The highest BCUT2D eigenvalue weighted by Gasteiger charge is 2.42. The van der Waals surface area contributed by atoms with Crippen LogP contribution in [-0.4, -0.2) is 18.7 Å². The van der Waals surface area contributed by atoms with Crippen molar-refractivity contribution >= 4 is 11.6 Å². The summed E-state index contributed by atoms with van der Waals surface area (Å²) in [6.07, 6.45) is 4.99. The fourth-order valence-corrected chi connectivity index (χ4v) is 3.48. The van der Waals surface area contributed by atoms with Gasteiger partial charge in [0.1, 0.15) is 0 Å². The molecule has 1 atom stereocenters. The molecule has 110 valence electrons. The van der Waals surface area contributed by atoms with Crippen molar-refractivity contribution < 1.29 is 4.74 Å². The number of ether oxygens (including phenoxy) is 1. The van der Waals surface area contributed by atoms with Crippen LogP contribution in [0.1, 0.15) is 51.2 Å². The third-order valence-electron chi connectivity index (χ3n) is 4.93. The van der Waals surface area contributed by atoms with Crippen LogP contribution in [-0.2, 0) is 4.74 Å². The molecule has 1 aromatic rings. The standard InChI is InChI=1S/C17H24ClNO/c1-16(2)7-9-17(10-8-16)12-19-11-15(20-17)13-3-5-14(18)6-4-13/h3-6,15,19H,7-12H2,1-2H3. The van der Waals surface area contributed by atoms with Crippen molar-refractivity contribution in [1.82, 2.24) is 5.32 Å². The van der Waals surface area contributed by atoms with Crippen LogP contribution in [0, 0.1) is 5.41 Å². The van der Waals surface area contributed by atoms with E-state index in [1.807, 2.05) is 12.1 Å². The van der Waals surface area contributed by atoms with Crippen LogP contribution in [0.25, 0.3) is 0 Å². The molecule has 1 aliphatic carbocycles. The average Bonchev–Trinajstić information content (AvgIpc) is 2.44. The summed E-state index contributed by atoms with van der Waals surface area (Å²) in [5, 5.41) is 4.36. The van der Waals surface area contributed by atoms with Crippen molar-refractivity contribution in [2.75, 3.05) is 13.1 Å². The lowest BCUT2D eigenvalue weighted by molar-refractivity contribution is -0.147. The van der Waals surface area contributed by atoms with Gasteiger partial charge in [0.25, 0.3) is 0 Å². The Bertz CT molecular complexity index is 458. The van der Waals surface area contributed by atoms with Crippen molar-refractivity contribution in [1.29, 1.82) is 0 Å². The first-order valence-electron chi connectivity index (χ1n) is 7.62. The number of rotatable bonds is 1. The first kappa shape index (κ1) is 14.4. The smallest absolute Gasteiger partial charge is 0.0957 e. The minimum atomic E-state index is 0.0398. The Hall–Kier alpha value is -0.570. The van der Waals surface area contributed by atoms with Crippen molar-refractivity contribution in [3.05, 3.63) is 34.9 Å². The summed E-state index contributed by atoms with van der Waals surface area (Å²) in [6.45, 7) is 6.62. The highest BCUT2D eigenvalue weighted by molar-refractivity contribution is 6.30. The predicted molar refractivity (Wildman–Crippen MR) is 83.1 cm³/mol. The zero-order chi connectivity index (χ0) is 14.2. The Morgan fingerprint density at radius 2 is 1.75 bits per heavy atom. The summed E-state index contributed by atoms with van der Waals surface area (Å²) in [5.41, 5.74) is 1.74. The Kier molecular flexibility index (Phi) is 3.83. The third kappa shape index (κ3) is 3.03. The molecule has 1 aromatic carbocycles. The number of halogens is 1. The van der Waals surface area contributed by atoms with Gasteiger partial charge >= 0.3 is 0 Å². The van der Waals surface area contributed by atoms with Gasteiger partial charge in [0.2, 0.25) is 0 Å². The quantitative estimate of drug-likeness (QED) is 0.831. The summed E-state index contributed by atoms with van der Waals surface area (Å²) >= 11 is 5.97. The van der Waals surface area contributed by atoms with E-state index in [0.717, 1.165) is 31.0 Å². The van der Waals surface area contributed by atoms with Gasteiger partial charge < -0.3 is 10.1 Å². The first-order valence-corrected chi connectivity index (χ1v) is 8.00. The normalized spacial score (nSPS) is 28.4. The van der Waals surface area contributed by atoms with E-state index in [2.05, 4.69) is 31.3 Å². The molecule has 2 nitrogen and oxygen atoms in total. The van der Waals surface area contributed by atoms with Crippen LogP contribution in [0.15, 0.2) is 24.3 Å². The molecule has 0 bridgehead atoms. The molecule has 0 radical (unpaired) electrons. The van der Waals surface area contributed by atoms with Crippen LogP contribution in [0.2, 0.25) is 5.02 Å². The van der Waals surface area contributed by atoms with Gasteiger partial charge in [-0.25, -0.2) is 0 Å². The Morgan fingerprint density at radius 1 is 1.10 bits per heavy atom. The maximum atomic E-state index is 6.53. The zero-order valence-corrected chi connectivity index (χ0v) is 13.2. The van der Waals surface area contributed by atoms with E-state index in [1.165, 1.54) is 18.4 Å². The van der Waals surface area contributed by atoms with Gasteiger partial charge in [-0.05, 0) is 48.8 Å². The van der Waals surface area contributed by atoms with Crippen LogP contribution in [0.3, 0.4) is 0 Å². The van der Waals surface area contributed by atoms with E-state index >= 15 is 0 Å². The van der Waals surface area contributed by atoms with E-state index < -0.39 is 0 Å². The summed E-state index contributed by atoms with van der Waals surface area (Å²) in [6, 6.07) is 8.07. The molecule has 1 unspecified atom stereocenters. The van der Waals surface area contributed by atoms with E-state index in [-0.39, 0.29) is 11.7 Å². The summed E-state index contributed by atoms with van der Waals surface area (Å²) in [7, 11) is 0. The van der Waals surface area contributed by atoms with Gasteiger partial charge in [-0.3, -0.25) is 0 Å². The van der Waals surface area contributed by atoms with Crippen molar-refractivity contribution in [2.45, 2.75) is 51.2 Å². The molecule has 1 saturated carbocycles. The number of morpholine rings is 1. The number of hydrogen-bond acceptors (Lipinski definition) is 2. The van der Waals surface area contributed by atoms with Crippen LogP contribution in [0.4, 0.5) is 0 Å². The van der Waals surface area contributed by atoms with E-state index in [1.54, 1.807) is 0 Å². The first-order chi connectivity index (χ1) is 9.48. The van der Waals surface area contributed by atoms with E-state index in [9.17, 15) is 0 Å². The lowest BCUT2D eigenvalue weighted by Crippen LogP contribution is -2.53. The molecule has 3 rings (SSSR count). The third-order valence-corrected chi connectivity index (χ3v) is 5.18. The molecule has 1 heterocycles. The second kappa shape index (κ2) is 5.32. The maximum Gasteiger partial charge on any atom is 0.0957 e. The molecule has 20 heavy (non-hydrogen) atoms. The van der Waals surface area contributed by atoms with Crippen LogP contribution < -0.4 is 5.32 Å². The Morgan fingerprint density at radius 3 is 2.40 bits per heavy atom. The van der Waals surface area contributed by atoms with Gasteiger partial charge in [-0.15, -0.1) is 0 Å². The summed E-state index contributed by atoms with van der Waals surface area (Å²) < 4.78 is 6.53. The average molecular weight is 294 g/mol. The minimum absolute atomic E-state index is 0.0398. The summed E-state index contributed by atoms with van der Waals surface area (Å²) in [5.74, 6) is 0. The highest BCUT2D eigenvalue weighted by atomic mass is 35.5. The fraction of sp³-hybridized carbons (Fsp3) is 0.647. The molecule has 2 aliphatic rings. The molecular formula is C17H24ClNO. The molecule has 1 spiro atoms. The molecule has 0 amide bonds. The van der Waals surface area contributed by atoms with Gasteiger partial charge in [0.05, 0.1) is 11.7 Å². The highest BCUT2D eigenvalue weighted by Crippen LogP contribution is 2.44. The fourth-order valence-electron chi connectivity index (χ4n) is 3.36. The minimum Gasteiger partial charge on any atom is -0.364 e. The monoisotopic (exact) mass is 293 g/mol. The van der Waals surface area contributed by atoms with Crippen molar-refractivity contribution in [3.8, 4) is 0 Å². The van der Waals surface area contributed by atoms with Gasteiger partial charge in [-0.2, -0.15) is 0 Å². The molecule has 1 N–H and O–H groups in total. The van der Waals surface area contributed by atoms with E-state index in [4.69, 9.17) is 16.3 Å². The lowest BCUT2D eigenvalue weighted by Gasteiger charge is -2.48. The molecule has 3 heteroatoms. The van der Waals surface area contributed by atoms with Crippen molar-refractivity contribution in [3.63, 3.8) is 0 Å². The van der Waals surface area contributed by atoms with Gasteiger partial charge in [-0.1, -0.05) is 37.6 Å². The topological polar surface area (TPSA) is 21.3 Å². The largest absolute Gasteiger partial charge is 0.364 e. The summed E-state index contributed by atoms with van der Waals surface area (Å²) in [4.78, 5) is 0.